The van der Waals surface area contributed by atoms with Crippen molar-refractivity contribution in [2.75, 3.05) is 6.54 Å². The highest BCUT2D eigenvalue weighted by molar-refractivity contribution is 6.30. The molecule has 0 aliphatic carbocycles. The molecule has 1 aromatic carbocycles. The van der Waals surface area contributed by atoms with Gasteiger partial charge in [0.15, 0.2) is 0 Å². The van der Waals surface area contributed by atoms with Gasteiger partial charge in [0.25, 0.3) is 0 Å². The van der Waals surface area contributed by atoms with E-state index in [1.54, 1.807) is 0 Å². The minimum atomic E-state index is -0.574. The third-order valence-electron chi connectivity index (χ3n) is 3.19. The second-order valence-electron chi connectivity index (χ2n) is 4.84. The number of hydrogen-bond acceptors (Lipinski definition) is 2. The molecule has 1 heterocycles. The van der Waals surface area contributed by atoms with E-state index in [1.807, 2.05) is 24.3 Å². The van der Waals surface area contributed by atoms with Gasteiger partial charge in [-0.1, -0.05) is 23.7 Å². The van der Waals surface area contributed by atoms with Gasteiger partial charge in [0.05, 0.1) is 5.60 Å². The van der Waals surface area contributed by atoms with E-state index in [0.717, 1.165) is 30.0 Å². The van der Waals surface area contributed by atoms with Crippen molar-refractivity contribution < 1.29 is 5.11 Å². The summed E-state index contributed by atoms with van der Waals surface area (Å²) < 4.78 is 0. The maximum atomic E-state index is 10.5. The van der Waals surface area contributed by atoms with E-state index in [2.05, 4.69) is 12.2 Å². The molecule has 16 heavy (non-hydrogen) atoms. The molecule has 2 rings (SSSR count). The monoisotopic (exact) mass is 239 g/mol. The summed E-state index contributed by atoms with van der Waals surface area (Å²) in [5.74, 6) is 0. The van der Waals surface area contributed by atoms with Crippen molar-refractivity contribution >= 4 is 11.6 Å². The average molecular weight is 240 g/mol. The summed E-state index contributed by atoms with van der Waals surface area (Å²) in [5.41, 5.74) is 0.541. The minimum Gasteiger partial charge on any atom is -0.389 e. The van der Waals surface area contributed by atoms with E-state index >= 15 is 0 Å². The maximum absolute atomic E-state index is 10.5. The normalized spacial score (nSPS) is 30.3. The van der Waals surface area contributed by atoms with Crippen molar-refractivity contribution in [3.05, 3.63) is 34.9 Å². The standard InChI is InChI=1S/C13H18ClNO/c1-10-8-13(16,5-6-15-10)9-11-3-2-4-12(14)7-11/h2-4,7,10,15-16H,5-6,8-9H2,1H3. The SMILES string of the molecule is CC1CC(O)(Cc2cccc(Cl)c2)CCN1. The highest BCUT2D eigenvalue weighted by Crippen LogP contribution is 2.26. The number of benzene rings is 1. The number of halogens is 1. The highest BCUT2D eigenvalue weighted by Gasteiger charge is 2.32. The van der Waals surface area contributed by atoms with Gasteiger partial charge in [-0.05, 0) is 44.0 Å². The van der Waals surface area contributed by atoms with Crippen LogP contribution in [-0.2, 0) is 6.42 Å². The molecule has 3 heteroatoms. The fourth-order valence-corrected chi connectivity index (χ4v) is 2.70. The van der Waals surface area contributed by atoms with Crippen LogP contribution >= 0.6 is 11.6 Å². The van der Waals surface area contributed by atoms with Crippen LogP contribution in [0.25, 0.3) is 0 Å². The smallest absolute Gasteiger partial charge is 0.0714 e. The first kappa shape index (κ1) is 11.9. The molecule has 88 valence electrons. The molecule has 0 saturated carbocycles. The Bertz CT molecular complexity index is 369. The van der Waals surface area contributed by atoms with E-state index in [9.17, 15) is 5.11 Å². The molecular weight excluding hydrogens is 222 g/mol. The van der Waals surface area contributed by atoms with Crippen LogP contribution in [0.3, 0.4) is 0 Å². The Morgan fingerprint density at radius 1 is 1.56 bits per heavy atom. The number of piperidine rings is 1. The molecule has 1 aromatic rings. The van der Waals surface area contributed by atoms with Crippen LogP contribution in [0.5, 0.6) is 0 Å². The Morgan fingerprint density at radius 3 is 3.06 bits per heavy atom. The zero-order valence-corrected chi connectivity index (χ0v) is 10.3. The molecule has 0 amide bonds. The molecule has 1 aliphatic rings. The second-order valence-corrected chi connectivity index (χ2v) is 5.28. The van der Waals surface area contributed by atoms with Crippen molar-refractivity contribution in [1.82, 2.24) is 5.32 Å². The third-order valence-corrected chi connectivity index (χ3v) is 3.43. The fourth-order valence-electron chi connectivity index (χ4n) is 2.48. The summed E-state index contributed by atoms with van der Waals surface area (Å²) in [6.07, 6.45) is 2.31. The van der Waals surface area contributed by atoms with E-state index < -0.39 is 5.60 Å². The van der Waals surface area contributed by atoms with Gasteiger partial charge in [0.1, 0.15) is 0 Å². The zero-order chi connectivity index (χ0) is 11.6. The molecule has 1 saturated heterocycles. The first-order valence-corrected chi connectivity index (χ1v) is 6.15. The van der Waals surface area contributed by atoms with Crippen molar-refractivity contribution in [2.45, 2.75) is 37.8 Å². The summed E-state index contributed by atoms with van der Waals surface area (Å²) >= 11 is 5.94. The van der Waals surface area contributed by atoms with E-state index in [4.69, 9.17) is 11.6 Å². The summed E-state index contributed by atoms with van der Waals surface area (Å²) in [6, 6.07) is 8.15. The van der Waals surface area contributed by atoms with Gasteiger partial charge in [-0.2, -0.15) is 0 Å². The molecule has 0 radical (unpaired) electrons. The lowest BCUT2D eigenvalue weighted by molar-refractivity contribution is -0.00124. The molecule has 1 fully saturated rings. The summed E-state index contributed by atoms with van der Waals surface area (Å²) in [6.45, 7) is 3.00. The van der Waals surface area contributed by atoms with Crippen molar-refractivity contribution in [3.8, 4) is 0 Å². The average Bonchev–Trinajstić information content (AvgIpc) is 2.16. The molecule has 2 atom stereocenters. The lowest BCUT2D eigenvalue weighted by Gasteiger charge is -2.36. The van der Waals surface area contributed by atoms with Crippen LogP contribution < -0.4 is 5.32 Å². The van der Waals surface area contributed by atoms with Gasteiger partial charge < -0.3 is 10.4 Å². The number of rotatable bonds is 2. The Labute approximate surface area is 102 Å². The predicted molar refractivity (Wildman–Crippen MR) is 66.8 cm³/mol. The molecule has 1 aliphatic heterocycles. The lowest BCUT2D eigenvalue weighted by Crippen LogP contribution is -2.47. The van der Waals surface area contributed by atoms with Crippen LogP contribution in [0.2, 0.25) is 5.02 Å². The summed E-state index contributed by atoms with van der Waals surface area (Å²) in [4.78, 5) is 0. The molecule has 0 spiro atoms. The van der Waals surface area contributed by atoms with Gasteiger partial charge in [0.2, 0.25) is 0 Å². The zero-order valence-electron chi connectivity index (χ0n) is 9.54. The second kappa shape index (κ2) is 4.74. The van der Waals surface area contributed by atoms with Crippen molar-refractivity contribution in [3.63, 3.8) is 0 Å². The Morgan fingerprint density at radius 2 is 2.38 bits per heavy atom. The molecular formula is C13H18ClNO. The van der Waals surface area contributed by atoms with Crippen molar-refractivity contribution in [1.29, 1.82) is 0 Å². The van der Waals surface area contributed by atoms with E-state index in [1.165, 1.54) is 0 Å². The van der Waals surface area contributed by atoms with Gasteiger partial charge in [-0.25, -0.2) is 0 Å². The fraction of sp³-hybridized carbons (Fsp3) is 0.538. The third kappa shape index (κ3) is 2.97. The highest BCUT2D eigenvalue weighted by atomic mass is 35.5. The molecule has 0 bridgehead atoms. The Kier molecular flexibility index (Phi) is 3.53. The molecule has 2 N–H and O–H groups in total. The van der Waals surface area contributed by atoms with E-state index in [0.29, 0.717) is 12.5 Å². The first-order chi connectivity index (χ1) is 7.57. The summed E-state index contributed by atoms with van der Waals surface area (Å²) in [7, 11) is 0. The first-order valence-electron chi connectivity index (χ1n) is 5.78. The van der Waals surface area contributed by atoms with Crippen molar-refractivity contribution in [2.24, 2.45) is 0 Å². The molecule has 2 unspecified atom stereocenters. The van der Waals surface area contributed by atoms with Crippen LogP contribution in [0.1, 0.15) is 25.3 Å². The molecule has 2 nitrogen and oxygen atoms in total. The van der Waals surface area contributed by atoms with Gasteiger partial charge in [-0.3, -0.25) is 0 Å². The maximum Gasteiger partial charge on any atom is 0.0714 e. The lowest BCUT2D eigenvalue weighted by atomic mass is 9.83. The van der Waals surface area contributed by atoms with Crippen LogP contribution in [0.4, 0.5) is 0 Å². The van der Waals surface area contributed by atoms with Crippen LogP contribution in [-0.4, -0.2) is 23.3 Å². The topological polar surface area (TPSA) is 32.3 Å². The number of hydrogen-bond donors (Lipinski definition) is 2. The Balaban J connectivity index is 2.08. The molecule has 0 aromatic heterocycles. The predicted octanol–water partition coefficient (Wildman–Crippen LogP) is 2.39. The number of nitrogens with one attached hydrogen (secondary N) is 1. The Hall–Kier alpha value is -0.570. The quantitative estimate of drug-likeness (QED) is 0.831. The van der Waals surface area contributed by atoms with Crippen LogP contribution in [0.15, 0.2) is 24.3 Å². The van der Waals surface area contributed by atoms with Gasteiger partial charge >= 0.3 is 0 Å². The van der Waals surface area contributed by atoms with Gasteiger partial charge in [-0.15, -0.1) is 0 Å². The minimum absolute atomic E-state index is 0.387. The van der Waals surface area contributed by atoms with Crippen LogP contribution in [0, 0.1) is 0 Å². The van der Waals surface area contributed by atoms with Gasteiger partial charge in [0, 0.05) is 17.5 Å². The van der Waals surface area contributed by atoms with E-state index in [-0.39, 0.29) is 0 Å². The number of aliphatic hydroxyl groups is 1. The largest absolute Gasteiger partial charge is 0.389 e. The summed E-state index contributed by atoms with van der Waals surface area (Å²) in [5, 5.41) is 14.6.